The van der Waals surface area contributed by atoms with Gasteiger partial charge in [-0.15, -0.1) is 0 Å². The number of hydrogen-bond acceptors (Lipinski definition) is 3. The molecule has 0 amide bonds. The third-order valence-electron chi connectivity index (χ3n) is 3.41. The van der Waals surface area contributed by atoms with Gasteiger partial charge in [-0.1, -0.05) is 32.0 Å². The third kappa shape index (κ3) is 2.50. The Morgan fingerprint density at radius 1 is 1.35 bits per heavy atom. The standard InChI is InChI=1S/C14H20O3/c1-9-7-6-8-11(10(9)2)14(3,4)12(15)13(16)17-5/h6-8,12,15H,1-5H3. The van der Waals surface area contributed by atoms with Gasteiger partial charge in [0.2, 0.25) is 0 Å². The number of hydrogen-bond donors (Lipinski definition) is 1. The molecule has 0 aliphatic rings. The quantitative estimate of drug-likeness (QED) is 0.818. The van der Waals surface area contributed by atoms with Gasteiger partial charge in [0.1, 0.15) is 0 Å². The van der Waals surface area contributed by atoms with Crippen LogP contribution in [-0.2, 0) is 14.9 Å². The molecule has 0 bridgehead atoms. The van der Waals surface area contributed by atoms with E-state index in [1.54, 1.807) is 0 Å². The molecule has 3 heteroatoms. The molecule has 0 spiro atoms. The Kier molecular flexibility index (Phi) is 3.94. The minimum absolute atomic E-state index is 0.601. The zero-order chi connectivity index (χ0) is 13.2. The van der Waals surface area contributed by atoms with Gasteiger partial charge in [0.05, 0.1) is 7.11 Å². The summed E-state index contributed by atoms with van der Waals surface area (Å²) >= 11 is 0. The van der Waals surface area contributed by atoms with Crippen LogP contribution in [0.25, 0.3) is 0 Å². The van der Waals surface area contributed by atoms with Crippen molar-refractivity contribution in [1.29, 1.82) is 0 Å². The van der Waals surface area contributed by atoms with Gasteiger partial charge >= 0.3 is 5.97 Å². The molecule has 1 atom stereocenters. The second-order valence-corrected chi connectivity index (χ2v) is 4.89. The molecule has 0 saturated carbocycles. The average Bonchev–Trinajstić information content (AvgIpc) is 2.30. The summed E-state index contributed by atoms with van der Waals surface area (Å²) < 4.78 is 4.60. The Balaban J connectivity index is 3.21. The molecule has 94 valence electrons. The summed E-state index contributed by atoms with van der Waals surface area (Å²) in [4.78, 5) is 11.5. The molecule has 0 fully saturated rings. The Morgan fingerprint density at radius 3 is 2.47 bits per heavy atom. The van der Waals surface area contributed by atoms with Gasteiger partial charge < -0.3 is 9.84 Å². The summed E-state index contributed by atoms with van der Waals surface area (Å²) in [5.74, 6) is -0.601. The zero-order valence-corrected chi connectivity index (χ0v) is 11.1. The smallest absolute Gasteiger partial charge is 0.335 e. The summed E-state index contributed by atoms with van der Waals surface area (Å²) in [7, 11) is 1.28. The number of aliphatic hydroxyl groups excluding tert-OH is 1. The van der Waals surface area contributed by atoms with E-state index in [9.17, 15) is 9.90 Å². The number of carbonyl (C=O) groups is 1. The number of aryl methyl sites for hydroxylation is 1. The Morgan fingerprint density at radius 2 is 1.94 bits per heavy atom. The van der Waals surface area contributed by atoms with Gasteiger partial charge in [0, 0.05) is 5.41 Å². The van der Waals surface area contributed by atoms with Crippen molar-refractivity contribution >= 4 is 5.97 Å². The molecule has 0 aliphatic heterocycles. The van der Waals surface area contributed by atoms with Crippen molar-refractivity contribution in [2.75, 3.05) is 7.11 Å². The van der Waals surface area contributed by atoms with Crippen molar-refractivity contribution < 1.29 is 14.6 Å². The molecule has 0 heterocycles. The second-order valence-electron chi connectivity index (χ2n) is 4.89. The van der Waals surface area contributed by atoms with Crippen molar-refractivity contribution in [2.24, 2.45) is 0 Å². The highest BCUT2D eigenvalue weighted by atomic mass is 16.5. The van der Waals surface area contributed by atoms with E-state index in [0.717, 1.165) is 16.7 Å². The lowest BCUT2D eigenvalue weighted by Gasteiger charge is -2.31. The Hall–Kier alpha value is -1.35. The number of esters is 1. The average molecular weight is 236 g/mol. The monoisotopic (exact) mass is 236 g/mol. The first-order chi connectivity index (χ1) is 7.82. The molecule has 0 aromatic heterocycles. The summed E-state index contributed by atoms with van der Waals surface area (Å²) in [6.07, 6.45) is -1.16. The lowest BCUT2D eigenvalue weighted by Crippen LogP contribution is -2.41. The van der Waals surface area contributed by atoms with Crippen LogP contribution in [0, 0.1) is 13.8 Å². The van der Waals surface area contributed by atoms with Gasteiger partial charge in [0.25, 0.3) is 0 Å². The van der Waals surface area contributed by atoms with Gasteiger partial charge in [-0.3, -0.25) is 0 Å². The maximum Gasteiger partial charge on any atom is 0.335 e. The molecule has 0 saturated heterocycles. The van der Waals surface area contributed by atoms with Gasteiger partial charge in [-0.05, 0) is 30.5 Å². The van der Waals surface area contributed by atoms with Crippen LogP contribution in [-0.4, -0.2) is 24.3 Å². The molecule has 17 heavy (non-hydrogen) atoms. The van der Waals surface area contributed by atoms with Crippen molar-refractivity contribution in [3.05, 3.63) is 34.9 Å². The first-order valence-corrected chi connectivity index (χ1v) is 5.65. The van der Waals surface area contributed by atoms with E-state index < -0.39 is 17.5 Å². The van der Waals surface area contributed by atoms with Crippen molar-refractivity contribution in [3.63, 3.8) is 0 Å². The topological polar surface area (TPSA) is 46.5 Å². The molecule has 1 unspecified atom stereocenters. The highest BCUT2D eigenvalue weighted by molar-refractivity contribution is 5.76. The van der Waals surface area contributed by atoms with E-state index in [1.807, 2.05) is 45.9 Å². The Bertz CT molecular complexity index is 421. The van der Waals surface area contributed by atoms with Crippen molar-refractivity contribution in [1.82, 2.24) is 0 Å². The Labute approximate surface area is 102 Å². The van der Waals surface area contributed by atoms with E-state index in [4.69, 9.17) is 0 Å². The first kappa shape index (κ1) is 13.7. The summed E-state index contributed by atoms with van der Waals surface area (Å²) in [6, 6.07) is 5.89. The van der Waals surface area contributed by atoms with Gasteiger partial charge in [-0.2, -0.15) is 0 Å². The van der Waals surface area contributed by atoms with Crippen LogP contribution in [0.3, 0.4) is 0 Å². The van der Waals surface area contributed by atoms with Crippen molar-refractivity contribution in [2.45, 2.75) is 39.2 Å². The van der Waals surface area contributed by atoms with Crippen LogP contribution in [0.1, 0.15) is 30.5 Å². The zero-order valence-electron chi connectivity index (χ0n) is 11.1. The van der Waals surface area contributed by atoms with Crippen LogP contribution >= 0.6 is 0 Å². The molecule has 1 N–H and O–H groups in total. The second kappa shape index (κ2) is 4.88. The van der Waals surface area contributed by atoms with E-state index in [-0.39, 0.29) is 0 Å². The number of rotatable bonds is 3. The van der Waals surface area contributed by atoms with Crippen LogP contribution in [0.2, 0.25) is 0 Å². The van der Waals surface area contributed by atoms with Crippen molar-refractivity contribution in [3.8, 4) is 0 Å². The lowest BCUT2D eigenvalue weighted by atomic mass is 9.76. The fourth-order valence-electron chi connectivity index (χ4n) is 2.00. The fourth-order valence-corrected chi connectivity index (χ4v) is 2.00. The summed E-state index contributed by atoms with van der Waals surface area (Å²) in [5, 5.41) is 10.0. The van der Waals surface area contributed by atoms with Crippen LogP contribution in [0.4, 0.5) is 0 Å². The molecule has 0 radical (unpaired) electrons. The molecular formula is C14H20O3. The van der Waals surface area contributed by atoms with E-state index in [2.05, 4.69) is 4.74 Å². The predicted molar refractivity (Wildman–Crippen MR) is 67.0 cm³/mol. The van der Waals surface area contributed by atoms with Crippen LogP contribution < -0.4 is 0 Å². The number of ether oxygens (including phenoxy) is 1. The summed E-state index contributed by atoms with van der Waals surface area (Å²) in [6.45, 7) is 7.70. The SMILES string of the molecule is COC(=O)C(O)C(C)(C)c1cccc(C)c1C. The minimum Gasteiger partial charge on any atom is -0.467 e. The molecule has 1 rings (SSSR count). The predicted octanol–water partition coefficient (Wildman–Crippen LogP) is 2.11. The first-order valence-electron chi connectivity index (χ1n) is 5.65. The summed E-state index contributed by atoms with van der Waals surface area (Å²) in [5.41, 5.74) is 2.55. The molecule has 3 nitrogen and oxygen atoms in total. The highest BCUT2D eigenvalue weighted by Gasteiger charge is 2.37. The fraction of sp³-hybridized carbons (Fsp3) is 0.500. The number of carbonyl (C=O) groups excluding carboxylic acids is 1. The maximum absolute atomic E-state index is 11.5. The van der Waals surface area contributed by atoms with E-state index in [1.165, 1.54) is 7.11 Å². The minimum atomic E-state index is -1.16. The van der Waals surface area contributed by atoms with Gasteiger partial charge in [-0.25, -0.2) is 4.79 Å². The maximum atomic E-state index is 11.5. The largest absolute Gasteiger partial charge is 0.467 e. The number of methoxy groups -OCH3 is 1. The third-order valence-corrected chi connectivity index (χ3v) is 3.41. The normalized spacial score (nSPS) is 13.3. The molecular weight excluding hydrogens is 216 g/mol. The number of aliphatic hydroxyl groups is 1. The molecule has 0 aliphatic carbocycles. The van der Waals surface area contributed by atoms with Gasteiger partial charge in [0.15, 0.2) is 6.10 Å². The molecule has 1 aromatic rings. The van der Waals surface area contributed by atoms with Crippen LogP contribution in [0.15, 0.2) is 18.2 Å². The lowest BCUT2D eigenvalue weighted by molar-refractivity contribution is -0.153. The highest BCUT2D eigenvalue weighted by Crippen LogP contribution is 2.31. The van der Waals surface area contributed by atoms with E-state index >= 15 is 0 Å². The number of benzene rings is 1. The molecule has 1 aromatic carbocycles. The van der Waals surface area contributed by atoms with E-state index in [0.29, 0.717) is 0 Å². The van der Waals surface area contributed by atoms with Crippen LogP contribution in [0.5, 0.6) is 0 Å².